The van der Waals surface area contributed by atoms with E-state index < -0.39 is 0 Å². The first kappa shape index (κ1) is 22.0. The zero-order chi connectivity index (χ0) is 22.2. The molecule has 31 heavy (non-hydrogen) atoms. The summed E-state index contributed by atoms with van der Waals surface area (Å²) in [4.78, 5) is 20.7. The highest BCUT2D eigenvalue weighted by atomic mass is 16.1. The largest absolute Gasteiger partial charge is 0.353 e. The molecule has 158 valence electrons. The van der Waals surface area contributed by atoms with Crippen molar-refractivity contribution in [3.8, 4) is 0 Å². The number of carbonyl (C=O) groups excluding carboxylic acids is 1. The predicted octanol–water partition coefficient (Wildman–Crippen LogP) is 6.39. The van der Waals surface area contributed by atoms with Crippen LogP contribution in [0.1, 0.15) is 39.1 Å². The Balaban J connectivity index is 1.94. The lowest BCUT2D eigenvalue weighted by molar-refractivity contribution is -0.116. The summed E-state index contributed by atoms with van der Waals surface area (Å²) in [5, 5.41) is 5.21. The van der Waals surface area contributed by atoms with Gasteiger partial charge in [0, 0.05) is 22.4 Å². The molecule has 0 aliphatic carbocycles. The third kappa shape index (κ3) is 5.28. The van der Waals surface area contributed by atoms with Gasteiger partial charge >= 0.3 is 0 Å². The molecule has 0 saturated heterocycles. The van der Waals surface area contributed by atoms with Crippen LogP contribution in [0.15, 0.2) is 84.5 Å². The number of hydrogen-bond donors (Lipinski definition) is 2. The van der Waals surface area contributed by atoms with Gasteiger partial charge in [-0.3, -0.25) is 4.79 Å². The Labute approximate surface area is 183 Å². The van der Waals surface area contributed by atoms with Crippen molar-refractivity contribution in [1.82, 2.24) is 15.3 Å². The maximum atomic E-state index is 12.3. The SMILES string of the molecule is C/C=C\C=C(/C)c1nc(CNC(=O)/C=C/C(/C=C\C)=C/C)cc2c1[nH]c1ccccc12. The molecular weight excluding hydrogens is 382 g/mol. The number of rotatable bonds is 7. The van der Waals surface area contributed by atoms with Gasteiger partial charge in [0.2, 0.25) is 5.91 Å². The molecule has 4 heteroatoms. The van der Waals surface area contributed by atoms with Gasteiger partial charge < -0.3 is 10.3 Å². The Hall–Kier alpha value is -3.66. The highest BCUT2D eigenvalue weighted by Crippen LogP contribution is 2.30. The molecule has 3 rings (SSSR count). The van der Waals surface area contributed by atoms with E-state index in [1.54, 1.807) is 12.2 Å². The molecule has 2 N–H and O–H groups in total. The fraction of sp³-hybridized carbons (Fsp3) is 0.185. The van der Waals surface area contributed by atoms with Crippen molar-refractivity contribution in [2.45, 2.75) is 34.2 Å². The fourth-order valence-electron chi connectivity index (χ4n) is 3.44. The molecular formula is C27H29N3O. The number of nitrogens with one attached hydrogen (secondary N) is 2. The van der Waals surface area contributed by atoms with E-state index in [0.29, 0.717) is 6.54 Å². The smallest absolute Gasteiger partial charge is 0.244 e. The standard InChI is InChI=1S/C27H29N3O/c1-5-8-12-19(4)26-27-23(22-13-9-10-14-24(22)30-27)17-21(29-26)18-28-25(31)16-15-20(7-3)11-6-2/h5-17,30H,18H2,1-4H3,(H,28,31)/b8-5-,11-6-,16-15+,19-12+,20-7+. The second-order valence-electron chi connectivity index (χ2n) is 7.27. The zero-order valence-electron chi connectivity index (χ0n) is 18.6. The van der Waals surface area contributed by atoms with E-state index >= 15 is 0 Å². The van der Waals surface area contributed by atoms with Crippen molar-refractivity contribution >= 4 is 33.3 Å². The van der Waals surface area contributed by atoms with E-state index in [9.17, 15) is 4.79 Å². The molecule has 0 bridgehead atoms. The van der Waals surface area contributed by atoms with Crippen molar-refractivity contribution in [1.29, 1.82) is 0 Å². The molecule has 2 aromatic heterocycles. The second-order valence-corrected chi connectivity index (χ2v) is 7.27. The summed E-state index contributed by atoms with van der Waals surface area (Å²) in [5.74, 6) is -0.146. The number of hydrogen-bond acceptors (Lipinski definition) is 2. The average molecular weight is 412 g/mol. The number of aromatic nitrogens is 2. The number of carbonyl (C=O) groups is 1. The number of allylic oxidation sites excluding steroid dienone is 9. The molecule has 0 fully saturated rings. The van der Waals surface area contributed by atoms with E-state index in [0.717, 1.165) is 44.3 Å². The Morgan fingerprint density at radius 2 is 1.87 bits per heavy atom. The highest BCUT2D eigenvalue weighted by molar-refractivity contribution is 6.09. The number of fused-ring (bicyclic) bond motifs is 3. The number of benzene rings is 1. The molecule has 0 aliphatic rings. The van der Waals surface area contributed by atoms with Crippen LogP contribution in [-0.2, 0) is 11.3 Å². The molecule has 2 heterocycles. The number of aromatic amines is 1. The minimum Gasteiger partial charge on any atom is -0.353 e. The van der Waals surface area contributed by atoms with Gasteiger partial charge in [-0.15, -0.1) is 0 Å². The van der Waals surface area contributed by atoms with Crippen LogP contribution in [0, 0.1) is 0 Å². The maximum absolute atomic E-state index is 12.3. The lowest BCUT2D eigenvalue weighted by Gasteiger charge is -2.08. The normalized spacial score (nSPS) is 13.4. The molecule has 3 aromatic rings. The van der Waals surface area contributed by atoms with Crippen LogP contribution in [0.5, 0.6) is 0 Å². The Morgan fingerprint density at radius 1 is 1.06 bits per heavy atom. The van der Waals surface area contributed by atoms with Crippen molar-refractivity contribution in [3.63, 3.8) is 0 Å². The van der Waals surface area contributed by atoms with Crippen LogP contribution in [0.2, 0.25) is 0 Å². The van der Waals surface area contributed by atoms with Gasteiger partial charge in [0.25, 0.3) is 0 Å². The molecule has 0 atom stereocenters. The molecule has 1 aromatic carbocycles. The highest BCUT2D eigenvalue weighted by Gasteiger charge is 2.13. The third-order valence-electron chi connectivity index (χ3n) is 5.02. The lowest BCUT2D eigenvalue weighted by Crippen LogP contribution is -2.21. The molecule has 0 unspecified atom stereocenters. The lowest BCUT2D eigenvalue weighted by atomic mass is 10.1. The summed E-state index contributed by atoms with van der Waals surface area (Å²) in [6, 6.07) is 10.3. The van der Waals surface area contributed by atoms with Crippen molar-refractivity contribution in [2.24, 2.45) is 0 Å². The van der Waals surface area contributed by atoms with Crippen LogP contribution in [0.3, 0.4) is 0 Å². The van der Waals surface area contributed by atoms with Crippen LogP contribution < -0.4 is 5.32 Å². The molecule has 0 aliphatic heterocycles. The van der Waals surface area contributed by atoms with E-state index in [1.165, 1.54) is 0 Å². The number of H-pyrrole nitrogens is 1. The maximum Gasteiger partial charge on any atom is 0.244 e. The first-order valence-electron chi connectivity index (χ1n) is 10.5. The number of nitrogens with zero attached hydrogens (tertiary/aromatic N) is 1. The third-order valence-corrected chi connectivity index (χ3v) is 5.02. The van der Waals surface area contributed by atoms with Crippen molar-refractivity contribution < 1.29 is 4.79 Å². The summed E-state index contributed by atoms with van der Waals surface area (Å²) in [6.07, 6.45) is 15.3. The molecule has 0 spiro atoms. The van der Waals surface area contributed by atoms with E-state index in [4.69, 9.17) is 4.98 Å². The summed E-state index contributed by atoms with van der Waals surface area (Å²) < 4.78 is 0. The van der Waals surface area contributed by atoms with Crippen LogP contribution in [0.4, 0.5) is 0 Å². The summed E-state index contributed by atoms with van der Waals surface area (Å²) in [5.41, 5.74) is 5.86. The van der Waals surface area contributed by atoms with Crippen LogP contribution in [-0.4, -0.2) is 15.9 Å². The summed E-state index contributed by atoms with van der Waals surface area (Å²) in [7, 11) is 0. The first-order chi connectivity index (χ1) is 15.1. The minimum absolute atomic E-state index is 0.146. The summed E-state index contributed by atoms with van der Waals surface area (Å²) in [6.45, 7) is 8.30. The quantitative estimate of drug-likeness (QED) is 0.349. The van der Waals surface area contributed by atoms with E-state index in [-0.39, 0.29) is 5.91 Å². The van der Waals surface area contributed by atoms with E-state index in [1.807, 2.05) is 63.3 Å². The number of para-hydroxylation sites is 1. The van der Waals surface area contributed by atoms with Gasteiger partial charge in [-0.25, -0.2) is 4.98 Å². The van der Waals surface area contributed by atoms with Gasteiger partial charge in [-0.05, 0) is 57.0 Å². The summed E-state index contributed by atoms with van der Waals surface area (Å²) >= 11 is 0. The molecule has 1 amide bonds. The van der Waals surface area contributed by atoms with Gasteiger partial charge in [-0.1, -0.05) is 54.7 Å². The topological polar surface area (TPSA) is 57.8 Å². The first-order valence-corrected chi connectivity index (χ1v) is 10.5. The molecule has 0 radical (unpaired) electrons. The second kappa shape index (κ2) is 10.4. The predicted molar refractivity (Wildman–Crippen MR) is 132 cm³/mol. The number of amides is 1. The molecule has 4 nitrogen and oxygen atoms in total. The van der Waals surface area contributed by atoms with Crippen molar-refractivity contribution in [2.75, 3.05) is 0 Å². The Morgan fingerprint density at radius 3 is 2.61 bits per heavy atom. The minimum atomic E-state index is -0.146. The Bertz CT molecular complexity index is 1240. The van der Waals surface area contributed by atoms with Crippen molar-refractivity contribution in [3.05, 3.63) is 95.9 Å². The van der Waals surface area contributed by atoms with Gasteiger partial charge in [0.1, 0.15) is 0 Å². The number of pyridine rings is 1. The molecule has 0 saturated carbocycles. The van der Waals surface area contributed by atoms with Gasteiger partial charge in [0.05, 0.1) is 23.4 Å². The van der Waals surface area contributed by atoms with E-state index in [2.05, 4.69) is 41.5 Å². The van der Waals surface area contributed by atoms with Crippen LogP contribution in [0.25, 0.3) is 27.4 Å². The zero-order valence-corrected chi connectivity index (χ0v) is 18.6. The Kier molecular flexibility index (Phi) is 7.39. The monoisotopic (exact) mass is 411 g/mol. The van der Waals surface area contributed by atoms with Gasteiger partial charge in [-0.2, -0.15) is 0 Å². The average Bonchev–Trinajstić information content (AvgIpc) is 3.16. The van der Waals surface area contributed by atoms with Gasteiger partial charge in [0.15, 0.2) is 0 Å². The van der Waals surface area contributed by atoms with Crippen LogP contribution >= 0.6 is 0 Å². The fourth-order valence-corrected chi connectivity index (χ4v) is 3.44.